The van der Waals surface area contributed by atoms with Crippen molar-refractivity contribution < 1.29 is 23.9 Å². The van der Waals surface area contributed by atoms with E-state index in [2.05, 4.69) is 13.8 Å². The van der Waals surface area contributed by atoms with E-state index in [-0.39, 0.29) is 65.1 Å². The molecule has 0 aromatic rings. The summed E-state index contributed by atoms with van der Waals surface area (Å²) in [6.07, 6.45) is 3.00. The van der Waals surface area contributed by atoms with Crippen molar-refractivity contribution in [1.82, 2.24) is 0 Å². The number of ketones is 2. The highest BCUT2D eigenvalue weighted by molar-refractivity contribution is 6.00. The zero-order valence-electron chi connectivity index (χ0n) is 16.2. The molecule has 0 aromatic heterocycles. The molecule has 2 saturated carbocycles. The lowest BCUT2D eigenvalue weighted by Crippen LogP contribution is -2.69. The summed E-state index contributed by atoms with van der Waals surface area (Å²) < 4.78 is 11.2. The molecule has 1 heterocycles. The molecule has 3 fully saturated rings. The largest absolute Gasteiger partial charge is 0.493 e. The zero-order chi connectivity index (χ0) is 19.0. The predicted molar refractivity (Wildman–Crippen MR) is 93.8 cm³/mol. The summed E-state index contributed by atoms with van der Waals surface area (Å²) in [5.74, 6) is 0.202. The number of Topliss-reactive ketones (excluding diaryl/α,β-unsaturated/α-hetero) is 2. The van der Waals surface area contributed by atoms with Gasteiger partial charge in [-0.1, -0.05) is 27.7 Å². The van der Waals surface area contributed by atoms with E-state index in [1.807, 2.05) is 19.9 Å². The van der Waals surface area contributed by atoms with Gasteiger partial charge in [-0.25, -0.2) is 0 Å². The van der Waals surface area contributed by atoms with Gasteiger partial charge in [-0.05, 0) is 36.2 Å². The minimum absolute atomic E-state index is 0.00535. The molecule has 4 rings (SSSR count). The maximum atomic E-state index is 13.4. The van der Waals surface area contributed by atoms with Crippen LogP contribution in [0.5, 0.6) is 0 Å². The van der Waals surface area contributed by atoms with Crippen LogP contribution >= 0.6 is 0 Å². The summed E-state index contributed by atoms with van der Waals surface area (Å²) in [7, 11) is 1.53. The average molecular weight is 360 g/mol. The van der Waals surface area contributed by atoms with E-state index in [0.29, 0.717) is 18.6 Å². The lowest BCUT2D eigenvalue weighted by atomic mass is 9.39. The van der Waals surface area contributed by atoms with Gasteiger partial charge in [0.2, 0.25) is 5.78 Å². The third-order valence-electron chi connectivity index (χ3n) is 8.36. The molecule has 5 heteroatoms. The number of rotatable bonds is 1. The zero-order valence-corrected chi connectivity index (χ0v) is 16.2. The first-order valence-electron chi connectivity index (χ1n) is 9.68. The Morgan fingerprint density at radius 2 is 1.81 bits per heavy atom. The van der Waals surface area contributed by atoms with E-state index in [1.165, 1.54) is 7.11 Å². The molecule has 4 aliphatic rings. The van der Waals surface area contributed by atoms with Gasteiger partial charge in [0.05, 0.1) is 7.11 Å². The Morgan fingerprint density at radius 3 is 2.46 bits per heavy atom. The molecule has 5 nitrogen and oxygen atoms in total. The Morgan fingerprint density at radius 1 is 1.12 bits per heavy atom. The fourth-order valence-corrected chi connectivity index (χ4v) is 6.84. The second kappa shape index (κ2) is 5.43. The number of ether oxygens (including phenoxy) is 2. The van der Waals surface area contributed by atoms with Crippen molar-refractivity contribution in [3.8, 4) is 0 Å². The summed E-state index contributed by atoms with van der Waals surface area (Å²) in [6.45, 7) is 8.19. The van der Waals surface area contributed by atoms with Crippen molar-refractivity contribution in [3.63, 3.8) is 0 Å². The number of hydrogen-bond acceptors (Lipinski definition) is 5. The van der Waals surface area contributed by atoms with Gasteiger partial charge < -0.3 is 9.47 Å². The first-order valence-corrected chi connectivity index (χ1v) is 9.68. The third kappa shape index (κ3) is 1.95. The van der Waals surface area contributed by atoms with Gasteiger partial charge in [0, 0.05) is 29.6 Å². The lowest BCUT2D eigenvalue weighted by molar-refractivity contribution is -0.232. The molecule has 0 spiro atoms. The predicted octanol–water partition coefficient (Wildman–Crippen LogP) is 2.92. The molecule has 1 unspecified atom stereocenters. The van der Waals surface area contributed by atoms with Crippen molar-refractivity contribution in [1.29, 1.82) is 0 Å². The molecule has 0 amide bonds. The van der Waals surface area contributed by atoms with Crippen LogP contribution in [0, 0.1) is 40.4 Å². The van der Waals surface area contributed by atoms with E-state index >= 15 is 0 Å². The molecule has 1 saturated heterocycles. The van der Waals surface area contributed by atoms with Crippen LogP contribution in [0.3, 0.4) is 0 Å². The summed E-state index contributed by atoms with van der Waals surface area (Å²) in [6, 6.07) is 0. The molecule has 8 atom stereocenters. The highest BCUT2D eigenvalue weighted by Gasteiger charge is 2.70. The van der Waals surface area contributed by atoms with Gasteiger partial charge in [0.1, 0.15) is 11.9 Å². The van der Waals surface area contributed by atoms with Crippen molar-refractivity contribution in [2.75, 3.05) is 7.11 Å². The molecular formula is C21H28O5. The number of hydrogen-bond donors (Lipinski definition) is 0. The Labute approximate surface area is 154 Å². The van der Waals surface area contributed by atoms with Crippen LogP contribution in [0.4, 0.5) is 0 Å². The number of fused-ring (bicyclic) bond motifs is 2. The Kier molecular flexibility index (Phi) is 3.71. The molecule has 1 aliphatic heterocycles. The number of carbonyl (C=O) groups is 3. The van der Waals surface area contributed by atoms with Crippen molar-refractivity contribution >= 4 is 17.5 Å². The first-order chi connectivity index (χ1) is 12.1. The minimum atomic E-state index is -0.664. The fraction of sp³-hybridized carbons (Fsp3) is 0.762. The number of allylic oxidation sites excluding steroid dienone is 2. The van der Waals surface area contributed by atoms with Crippen molar-refractivity contribution in [2.45, 2.75) is 53.1 Å². The SMILES string of the molecule is COC1=C[C@@H](C)[C@@H]2C[C@H]3OC(=O)C[C@H]4C(C)C(=O)C[C@H]([C@@]2(C)C1=O)[C@@]34C. The quantitative estimate of drug-likeness (QED) is 0.673. The second-order valence-corrected chi connectivity index (χ2v) is 9.22. The van der Waals surface area contributed by atoms with E-state index in [9.17, 15) is 14.4 Å². The molecule has 0 bridgehead atoms. The number of carbonyl (C=O) groups excluding carboxylic acids is 3. The van der Waals surface area contributed by atoms with E-state index in [0.717, 1.165) is 0 Å². The van der Waals surface area contributed by atoms with Crippen LogP contribution in [0.15, 0.2) is 11.8 Å². The maximum Gasteiger partial charge on any atom is 0.306 e. The van der Waals surface area contributed by atoms with Gasteiger partial charge in [0.15, 0.2) is 5.76 Å². The molecule has 0 aromatic carbocycles. The summed E-state index contributed by atoms with van der Waals surface area (Å²) in [4.78, 5) is 38.5. The molecule has 3 aliphatic carbocycles. The molecular weight excluding hydrogens is 332 g/mol. The Hall–Kier alpha value is -1.65. The van der Waals surface area contributed by atoms with Crippen LogP contribution in [0.1, 0.15) is 47.0 Å². The highest BCUT2D eigenvalue weighted by atomic mass is 16.5. The molecule has 142 valence electrons. The average Bonchev–Trinajstić information content (AvgIpc) is 2.59. The van der Waals surface area contributed by atoms with E-state index in [1.54, 1.807) is 0 Å². The van der Waals surface area contributed by atoms with E-state index < -0.39 is 5.41 Å². The Balaban J connectivity index is 1.89. The summed E-state index contributed by atoms with van der Waals surface area (Å²) >= 11 is 0. The normalized spacial score (nSPS) is 50.3. The highest BCUT2D eigenvalue weighted by Crippen LogP contribution is 2.67. The molecule has 0 radical (unpaired) electrons. The van der Waals surface area contributed by atoms with Gasteiger partial charge in [-0.2, -0.15) is 0 Å². The number of methoxy groups -OCH3 is 1. The minimum Gasteiger partial charge on any atom is -0.493 e. The summed E-state index contributed by atoms with van der Waals surface area (Å²) in [5.41, 5.74) is -1.01. The lowest BCUT2D eigenvalue weighted by Gasteiger charge is -2.65. The van der Waals surface area contributed by atoms with Gasteiger partial charge in [-0.3, -0.25) is 14.4 Å². The van der Waals surface area contributed by atoms with Crippen LogP contribution in [0.25, 0.3) is 0 Å². The smallest absolute Gasteiger partial charge is 0.306 e. The standard InChI is InChI=1S/C21H28O5/c1-10-6-15(25-5)19(24)21(4)12(10)7-17-20(3)13(8-18(23)26-17)11(2)14(22)9-16(20)21/h6,10-13,16-17H,7-9H2,1-5H3/t10-,11?,12+,13+,16+,17-,20+,21+/m1/s1. The van der Waals surface area contributed by atoms with E-state index in [4.69, 9.17) is 9.47 Å². The van der Waals surface area contributed by atoms with Gasteiger partial charge in [0.25, 0.3) is 0 Å². The third-order valence-corrected chi connectivity index (χ3v) is 8.36. The Bertz CT molecular complexity index is 724. The van der Waals surface area contributed by atoms with Crippen molar-refractivity contribution in [2.24, 2.45) is 40.4 Å². The van der Waals surface area contributed by atoms with Gasteiger partial charge >= 0.3 is 5.97 Å². The van der Waals surface area contributed by atoms with Crippen LogP contribution in [-0.4, -0.2) is 30.7 Å². The fourth-order valence-electron chi connectivity index (χ4n) is 6.84. The number of esters is 1. The monoisotopic (exact) mass is 360 g/mol. The second-order valence-electron chi connectivity index (χ2n) is 9.22. The maximum absolute atomic E-state index is 13.4. The molecule has 26 heavy (non-hydrogen) atoms. The first kappa shape index (κ1) is 17.7. The topological polar surface area (TPSA) is 69.7 Å². The van der Waals surface area contributed by atoms with Crippen LogP contribution < -0.4 is 0 Å². The molecule has 0 N–H and O–H groups in total. The van der Waals surface area contributed by atoms with Crippen LogP contribution in [-0.2, 0) is 23.9 Å². The van der Waals surface area contributed by atoms with Gasteiger partial charge in [-0.15, -0.1) is 0 Å². The van der Waals surface area contributed by atoms with Crippen molar-refractivity contribution in [3.05, 3.63) is 11.8 Å². The summed E-state index contributed by atoms with van der Waals surface area (Å²) in [5, 5.41) is 0. The van der Waals surface area contributed by atoms with Crippen LogP contribution in [0.2, 0.25) is 0 Å².